The van der Waals surface area contributed by atoms with E-state index in [1.807, 2.05) is 12.1 Å². The third kappa shape index (κ3) is 3.57. The maximum atomic E-state index is 13.1. The van der Waals surface area contributed by atoms with Crippen molar-refractivity contribution in [3.8, 4) is 17.1 Å². The fourth-order valence-electron chi connectivity index (χ4n) is 2.49. The largest absolute Gasteiger partial charge is 0.453 e. The van der Waals surface area contributed by atoms with Gasteiger partial charge in [0, 0.05) is 5.56 Å². The molecular weight excluding hydrogens is 327 g/mol. The lowest BCUT2D eigenvalue weighted by atomic mass is 9.87. The van der Waals surface area contributed by atoms with Gasteiger partial charge in [0.15, 0.2) is 5.82 Å². The molecule has 0 aliphatic carbocycles. The van der Waals surface area contributed by atoms with E-state index in [0.717, 1.165) is 5.56 Å². The summed E-state index contributed by atoms with van der Waals surface area (Å²) in [4.78, 5) is 3.75. The van der Waals surface area contributed by atoms with Crippen LogP contribution >= 0.6 is 0 Å². The Morgan fingerprint density at radius 2 is 1.44 bits per heavy atom. The fraction of sp³-hybridized carbons (Fsp3) is 0.263. The van der Waals surface area contributed by atoms with Gasteiger partial charge >= 0.3 is 6.18 Å². The van der Waals surface area contributed by atoms with Crippen LogP contribution in [-0.2, 0) is 11.6 Å². The number of aromatic nitrogens is 3. The lowest BCUT2D eigenvalue weighted by molar-refractivity contribution is -0.144. The van der Waals surface area contributed by atoms with Crippen LogP contribution in [-0.4, -0.2) is 14.8 Å². The molecule has 0 saturated carbocycles. The minimum atomic E-state index is -4.60. The Hall–Kier alpha value is -2.63. The van der Waals surface area contributed by atoms with Crippen molar-refractivity contribution in [1.29, 1.82) is 0 Å². The highest BCUT2D eigenvalue weighted by Gasteiger charge is 2.37. The Balaban J connectivity index is 2.13. The van der Waals surface area contributed by atoms with E-state index in [2.05, 4.69) is 30.9 Å². The van der Waals surface area contributed by atoms with E-state index in [1.54, 1.807) is 42.5 Å². The zero-order chi connectivity index (χ0) is 18.2. The second-order valence-corrected chi connectivity index (χ2v) is 6.83. The summed E-state index contributed by atoms with van der Waals surface area (Å²) < 4.78 is 40.5. The van der Waals surface area contributed by atoms with E-state index in [9.17, 15) is 13.2 Å². The predicted molar refractivity (Wildman–Crippen MR) is 90.5 cm³/mol. The zero-order valence-electron chi connectivity index (χ0n) is 14.2. The fourth-order valence-corrected chi connectivity index (χ4v) is 2.49. The maximum absolute atomic E-state index is 13.1. The molecule has 3 rings (SSSR count). The first-order valence-electron chi connectivity index (χ1n) is 7.87. The molecule has 0 fully saturated rings. The van der Waals surface area contributed by atoms with Gasteiger partial charge in [-0.05, 0) is 23.1 Å². The molecule has 3 aromatic rings. The highest BCUT2D eigenvalue weighted by molar-refractivity contribution is 5.59. The van der Waals surface area contributed by atoms with Gasteiger partial charge in [-0.15, -0.1) is 5.10 Å². The molecule has 0 bridgehead atoms. The van der Waals surface area contributed by atoms with E-state index in [1.165, 1.54) is 4.68 Å². The molecule has 25 heavy (non-hydrogen) atoms. The number of nitrogens with zero attached hydrogens (tertiary/aromatic N) is 3. The van der Waals surface area contributed by atoms with E-state index < -0.39 is 12.0 Å². The van der Waals surface area contributed by atoms with Crippen LogP contribution in [0.2, 0.25) is 0 Å². The van der Waals surface area contributed by atoms with Crippen molar-refractivity contribution in [1.82, 2.24) is 14.8 Å². The third-order valence-corrected chi connectivity index (χ3v) is 3.87. The summed E-state index contributed by atoms with van der Waals surface area (Å²) in [6.45, 7) is 6.24. The van der Waals surface area contributed by atoms with Gasteiger partial charge in [0.25, 0.3) is 5.82 Å². The molecule has 3 nitrogen and oxygen atoms in total. The topological polar surface area (TPSA) is 30.7 Å². The summed E-state index contributed by atoms with van der Waals surface area (Å²) in [7, 11) is 0. The van der Waals surface area contributed by atoms with Crippen LogP contribution in [0.5, 0.6) is 0 Å². The molecule has 6 heteroatoms. The molecule has 1 aromatic heterocycles. The Morgan fingerprint density at radius 1 is 0.840 bits per heavy atom. The molecule has 0 amide bonds. The van der Waals surface area contributed by atoms with Crippen LogP contribution in [0.1, 0.15) is 32.2 Å². The van der Waals surface area contributed by atoms with Crippen molar-refractivity contribution in [3.05, 3.63) is 66.0 Å². The Labute approximate surface area is 144 Å². The molecule has 0 atom stereocenters. The second-order valence-electron chi connectivity index (χ2n) is 6.83. The van der Waals surface area contributed by atoms with Crippen LogP contribution in [0.15, 0.2) is 54.6 Å². The van der Waals surface area contributed by atoms with Crippen LogP contribution in [0.3, 0.4) is 0 Å². The van der Waals surface area contributed by atoms with Gasteiger partial charge in [0.05, 0.1) is 5.69 Å². The minimum absolute atomic E-state index is 0.0389. The molecular formula is C19H18F3N3. The van der Waals surface area contributed by atoms with Gasteiger partial charge in [0.1, 0.15) is 0 Å². The predicted octanol–water partition coefficient (Wildman–Crippen LogP) is 5.25. The number of halogens is 3. The number of hydrogen-bond donors (Lipinski definition) is 0. The highest BCUT2D eigenvalue weighted by Crippen LogP contribution is 2.31. The second kappa shape index (κ2) is 6.02. The van der Waals surface area contributed by atoms with Crippen LogP contribution < -0.4 is 0 Å². The van der Waals surface area contributed by atoms with Gasteiger partial charge < -0.3 is 0 Å². The minimum Gasteiger partial charge on any atom is -0.213 e. The van der Waals surface area contributed by atoms with Gasteiger partial charge in [-0.2, -0.15) is 13.2 Å². The monoisotopic (exact) mass is 345 g/mol. The summed E-state index contributed by atoms with van der Waals surface area (Å²) in [6.07, 6.45) is -4.60. The van der Waals surface area contributed by atoms with Crippen molar-refractivity contribution in [3.63, 3.8) is 0 Å². The van der Waals surface area contributed by atoms with Crippen molar-refractivity contribution in [2.24, 2.45) is 0 Å². The molecule has 0 N–H and O–H groups in total. The molecule has 130 valence electrons. The quantitative estimate of drug-likeness (QED) is 0.635. The van der Waals surface area contributed by atoms with Crippen molar-refractivity contribution >= 4 is 0 Å². The summed E-state index contributed by atoms with van der Waals surface area (Å²) in [5, 5.41) is 3.68. The van der Waals surface area contributed by atoms with Gasteiger partial charge in [-0.1, -0.05) is 63.2 Å². The number of hydrogen-bond acceptors (Lipinski definition) is 2. The normalized spacial score (nSPS) is 12.4. The van der Waals surface area contributed by atoms with E-state index in [0.29, 0.717) is 11.3 Å². The van der Waals surface area contributed by atoms with E-state index >= 15 is 0 Å². The SMILES string of the molecule is CC(C)(C)c1ccc(-c2nc(C(F)(F)F)nn2-c2ccccc2)cc1. The Bertz CT molecular complexity index is 858. The van der Waals surface area contributed by atoms with Gasteiger partial charge in [0.2, 0.25) is 0 Å². The zero-order valence-corrected chi connectivity index (χ0v) is 14.2. The molecule has 0 saturated heterocycles. The molecule has 0 spiro atoms. The number of para-hydroxylation sites is 1. The van der Waals surface area contributed by atoms with Crippen LogP contribution in [0.25, 0.3) is 17.1 Å². The smallest absolute Gasteiger partial charge is 0.213 e. The molecule has 0 radical (unpaired) electrons. The standard InChI is InChI=1S/C19H18F3N3/c1-18(2,3)14-11-9-13(10-12-14)16-23-17(19(20,21)22)24-25(16)15-7-5-4-6-8-15/h4-12H,1-3H3. The van der Waals surface area contributed by atoms with Crippen molar-refractivity contribution < 1.29 is 13.2 Å². The summed E-state index contributed by atoms with van der Waals surface area (Å²) in [5.41, 5.74) is 2.17. The average molecular weight is 345 g/mol. The number of benzene rings is 2. The first kappa shape index (κ1) is 17.2. The van der Waals surface area contributed by atoms with Crippen molar-refractivity contribution in [2.75, 3.05) is 0 Å². The van der Waals surface area contributed by atoms with Crippen molar-refractivity contribution in [2.45, 2.75) is 32.4 Å². The molecule has 0 aliphatic heterocycles. The summed E-state index contributed by atoms with van der Waals surface area (Å²) >= 11 is 0. The van der Waals surface area contributed by atoms with Crippen LogP contribution in [0, 0.1) is 0 Å². The average Bonchev–Trinajstić information content (AvgIpc) is 3.00. The molecule has 0 unspecified atom stereocenters. The van der Waals surface area contributed by atoms with E-state index in [-0.39, 0.29) is 11.2 Å². The Morgan fingerprint density at radius 3 is 1.96 bits per heavy atom. The van der Waals surface area contributed by atoms with Crippen LogP contribution in [0.4, 0.5) is 13.2 Å². The maximum Gasteiger partial charge on any atom is 0.453 e. The van der Waals surface area contributed by atoms with Gasteiger partial charge in [-0.25, -0.2) is 9.67 Å². The first-order chi connectivity index (χ1) is 11.7. The highest BCUT2D eigenvalue weighted by atomic mass is 19.4. The number of alkyl halides is 3. The molecule has 0 aliphatic rings. The number of rotatable bonds is 2. The molecule has 2 aromatic carbocycles. The Kier molecular flexibility index (Phi) is 4.14. The summed E-state index contributed by atoms with van der Waals surface area (Å²) in [5.74, 6) is -0.981. The lowest BCUT2D eigenvalue weighted by Crippen LogP contribution is -2.10. The third-order valence-electron chi connectivity index (χ3n) is 3.87. The lowest BCUT2D eigenvalue weighted by Gasteiger charge is -2.19. The summed E-state index contributed by atoms with van der Waals surface area (Å²) in [6, 6.07) is 16.1. The van der Waals surface area contributed by atoms with Gasteiger partial charge in [-0.3, -0.25) is 0 Å². The molecule has 1 heterocycles. The first-order valence-corrected chi connectivity index (χ1v) is 7.87. The van der Waals surface area contributed by atoms with E-state index in [4.69, 9.17) is 0 Å².